The van der Waals surface area contributed by atoms with E-state index in [1.807, 2.05) is 24.4 Å². The number of hydrogen-bond acceptors (Lipinski definition) is 5. The second kappa shape index (κ2) is 5.82. The summed E-state index contributed by atoms with van der Waals surface area (Å²) in [6.45, 7) is 7.06. The quantitative estimate of drug-likeness (QED) is 0.764. The number of aryl methyl sites for hydroxylation is 2. The largest absolute Gasteiger partial charge is 0.481 e. The number of carboxylic acid groups (broad SMARTS) is 1. The van der Waals surface area contributed by atoms with Crippen molar-refractivity contribution in [2.45, 2.75) is 34.2 Å². The van der Waals surface area contributed by atoms with E-state index in [9.17, 15) is 14.7 Å². The Morgan fingerprint density at radius 1 is 1.38 bits per heavy atom. The van der Waals surface area contributed by atoms with Gasteiger partial charge >= 0.3 is 5.97 Å². The predicted octanol–water partition coefficient (Wildman–Crippen LogP) is 3.91. The molecule has 0 aromatic carbocycles. The van der Waals surface area contributed by atoms with Crippen molar-refractivity contribution in [3.63, 3.8) is 0 Å². The zero-order chi connectivity index (χ0) is 17.6. The van der Waals surface area contributed by atoms with Crippen LogP contribution < -0.4 is 5.56 Å². The van der Waals surface area contributed by atoms with Gasteiger partial charge in [0.05, 0.1) is 10.8 Å². The topological polar surface area (TPSA) is 72.2 Å². The van der Waals surface area contributed by atoms with E-state index in [1.54, 1.807) is 32.1 Å². The summed E-state index contributed by atoms with van der Waals surface area (Å²) in [6.07, 6.45) is 0. The fraction of sp³-hybridized carbons (Fsp3) is 0.353. The molecule has 0 amide bonds. The van der Waals surface area contributed by atoms with Crippen molar-refractivity contribution in [1.82, 2.24) is 9.55 Å². The second-order valence-electron chi connectivity index (χ2n) is 6.43. The fourth-order valence-corrected chi connectivity index (χ4v) is 4.63. The van der Waals surface area contributed by atoms with E-state index in [-0.39, 0.29) is 12.1 Å². The van der Waals surface area contributed by atoms with Gasteiger partial charge in [0.15, 0.2) is 0 Å². The van der Waals surface area contributed by atoms with Crippen LogP contribution in [0.15, 0.2) is 22.3 Å². The van der Waals surface area contributed by atoms with Crippen LogP contribution >= 0.6 is 22.7 Å². The molecule has 3 rings (SSSR count). The van der Waals surface area contributed by atoms with Crippen molar-refractivity contribution in [1.29, 1.82) is 0 Å². The van der Waals surface area contributed by atoms with Crippen molar-refractivity contribution < 1.29 is 9.90 Å². The molecule has 3 aromatic heterocycles. The molecule has 24 heavy (non-hydrogen) atoms. The molecular formula is C17H18N2O3S2. The summed E-state index contributed by atoms with van der Waals surface area (Å²) in [5.74, 6) is -0.394. The van der Waals surface area contributed by atoms with Crippen molar-refractivity contribution in [2.24, 2.45) is 5.41 Å². The lowest BCUT2D eigenvalue weighted by molar-refractivity contribution is -0.147. The van der Waals surface area contributed by atoms with Crippen LogP contribution in [0.4, 0.5) is 0 Å². The van der Waals surface area contributed by atoms with Crippen LogP contribution in [-0.2, 0) is 11.3 Å². The predicted molar refractivity (Wildman–Crippen MR) is 98.1 cm³/mol. The van der Waals surface area contributed by atoms with E-state index < -0.39 is 11.4 Å². The van der Waals surface area contributed by atoms with Crippen molar-refractivity contribution in [3.8, 4) is 10.4 Å². The number of rotatable bonds is 4. The van der Waals surface area contributed by atoms with Gasteiger partial charge in [-0.3, -0.25) is 14.2 Å². The maximum absolute atomic E-state index is 13.1. The third kappa shape index (κ3) is 2.67. The molecule has 1 N–H and O–H groups in total. The number of fused-ring (bicyclic) bond motifs is 1. The van der Waals surface area contributed by atoms with E-state index in [1.165, 1.54) is 15.9 Å². The van der Waals surface area contributed by atoms with Gasteiger partial charge < -0.3 is 5.11 Å². The number of aromatic nitrogens is 2. The summed E-state index contributed by atoms with van der Waals surface area (Å²) in [4.78, 5) is 31.9. The highest BCUT2D eigenvalue weighted by Gasteiger charge is 2.30. The normalized spacial score (nSPS) is 12.0. The van der Waals surface area contributed by atoms with Gasteiger partial charge in [-0.25, -0.2) is 4.98 Å². The van der Waals surface area contributed by atoms with Crippen LogP contribution in [0, 0.1) is 19.3 Å². The summed E-state index contributed by atoms with van der Waals surface area (Å²) in [7, 11) is 0. The Kier molecular flexibility index (Phi) is 4.09. The molecule has 0 atom stereocenters. The molecule has 0 aliphatic carbocycles. The minimum absolute atomic E-state index is 0.0920. The zero-order valence-corrected chi connectivity index (χ0v) is 15.5. The molecule has 0 fully saturated rings. The van der Waals surface area contributed by atoms with Crippen LogP contribution in [0.25, 0.3) is 20.7 Å². The maximum Gasteiger partial charge on any atom is 0.310 e. The number of thiophene rings is 2. The first kappa shape index (κ1) is 16.9. The van der Waals surface area contributed by atoms with Gasteiger partial charge in [0.25, 0.3) is 5.56 Å². The highest BCUT2D eigenvalue weighted by Crippen LogP contribution is 2.38. The summed E-state index contributed by atoms with van der Waals surface area (Å²) in [5, 5.41) is 11.9. The molecule has 0 saturated heterocycles. The number of hydrogen-bond donors (Lipinski definition) is 1. The first-order valence-corrected chi connectivity index (χ1v) is 9.20. The zero-order valence-electron chi connectivity index (χ0n) is 13.9. The Bertz CT molecular complexity index is 982. The highest BCUT2D eigenvalue weighted by atomic mass is 32.1. The summed E-state index contributed by atoms with van der Waals surface area (Å²) < 4.78 is 1.49. The molecule has 126 valence electrons. The standard InChI is InChI=1S/C17H18N2O3S2/c1-9-12(11-6-5-7-23-11)13-14(24-9)18-10(2)19(15(13)20)8-17(3,4)16(21)22/h5-7H,8H2,1-4H3,(H,21,22). The van der Waals surface area contributed by atoms with Gasteiger partial charge in [-0.15, -0.1) is 22.7 Å². The fourth-order valence-electron chi connectivity index (χ4n) is 2.66. The first-order chi connectivity index (χ1) is 11.2. The Morgan fingerprint density at radius 2 is 2.08 bits per heavy atom. The minimum atomic E-state index is -1.04. The molecule has 7 heteroatoms. The molecule has 0 spiro atoms. The monoisotopic (exact) mass is 362 g/mol. The average Bonchev–Trinajstić information content (AvgIpc) is 3.10. The van der Waals surface area contributed by atoms with Crippen molar-refractivity contribution in [3.05, 3.63) is 38.6 Å². The molecule has 0 unspecified atom stereocenters. The number of carbonyl (C=O) groups is 1. The second-order valence-corrected chi connectivity index (χ2v) is 8.58. The lowest BCUT2D eigenvalue weighted by atomic mass is 9.93. The molecule has 3 aromatic rings. The van der Waals surface area contributed by atoms with Crippen molar-refractivity contribution in [2.75, 3.05) is 0 Å². The van der Waals surface area contributed by atoms with Crippen LogP contribution in [0.2, 0.25) is 0 Å². The van der Waals surface area contributed by atoms with E-state index in [0.29, 0.717) is 16.0 Å². The van der Waals surface area contributed by atoms with Crippen LogP contribution in [0.3, 0.4) is 0 Å². The SMILES string of the molecule is Cc1sc2nc(C)n(CC(C)(C)C(=O)O)c(=O)c2c1-c1cccs1. The molecule has 0 radical (unpaired) electrons. The van der Waals surface area contributed by atoms with E-state index in [0.717, 1.165) is 15.3 Å². The molecule has 0 saturated carbocycles. The van der Waals surface area contributed by atoms with Gasteiger partial charge in [0.2, 0.25) is 0 Å². The Labute approximate surface area is 147 Å². The Morgan fingerprint density at radius 3 is 2.67 bits per heavy atom. The minimum Gasteiger partial charge on any atom is -0.481 e. The smallest absolute Gasteiger partial charge is 0.310 e. The number of nitrogens with zero attached hydrogens (tertiary/aromatic N) is 2. The number of aliphatic carboxylic acids is 1. The molecule has 0 aliphatic rings. The Hall–Kier alpha value is -1.99. The number of carboxylic acids is 1. The van der Waals surface area contributed by atoms with Crippen molar-refractivity contribution >= 4 is 38.9 Å². The van der Waals surface area contributed by atoms with Gasteiger partial charge in [-0.05, 0) is 39.1 Å². The first-order valence-electron chi connectivity index (χ1n) is 7.50. The molecule has 5 nitrogen and oxygen atoms in total. The third-order valence-electron chi connectivity index (χ3n) is 4.08. The van der Waals surface area contributed by atoms with Gasteiger partial charge in [-0.1, -0.05) is 6.07 Å². The molecule has 3 heterocycles. The molecule has 0 aliphatic heterocycles. The van der Waals surface area contributed by atoms with Crippen LogP contribution in [-0.4, -0.2) is 20.6 Å². The van der Waals surface area contributed by atoms with Gasteiger partial charge in [-0.2, -0.15) is 0 Å². The van der Waals surface area contributed by atoms with E-state index in [2.05, 4.69) is 4.98 Å². The summed E-state index contributed by atoms with van der Waals surface area (Å²) in [5.41, 5.74) is -0.290. The highest BCUT2D eigenvalue weighted by molar-refractivity contribution is 7.20. The molecular weight excluding hydrogens is 344 g/mol. The third-order valence-corrected chi connectivity index (χ3v) is 5.97. The molecule has 0 bridgehead atoms. The van der Waals surface area contributed by atoms with Crippen LogP contribution in [0.1, 0.15) is 24.5 Å². The average molecular weight is 362 g/mol. The van der Waals surface area contributed by atoms with Gasteiger partial charge in [0.1, 0.15) is 10.7 Å². The Balaban J connectivity index is 2.28. The maximum atomic E-state index is 13.1. The summed E-state index contributed by atoms with van der Waals surface area (Å²) >= 11 is 3.09. The summed E-state index contributed by atoms with van der Waals surface area (Å²) in [6, 6.07) is 3.95. The van der Waals surface area contributed by atoms with E-state index in [4.69, 9.17) is 0 Å². The van der Waals surface area contributed by atoms with E-state index >= 15 is 0 Å². The lowest BCUT2D eigenvalue weighted by Gasteiger charge is -2.21. The van der Waals surface area contributed by atoms with Crippen LogP contribution in [0.5, 0.6) is 0 Å². The lowest BCUT2D eigenvalue weighted by Crippen LogP contribution is -2.35. The van der Waals surface area contributed by atoms with Gasteiger partial charge in [0, 0.05) is 21.9 Å².